The Labute approximate surface area is 151 Å². The molecule has 25 heavy (non-hydrogen) atoms. The Balaban J connectivity index is 2.23. The SMILES string of the molecule is CSc1ccc(C)c(NC(=O)N(Cc2ccccc2)C(=O)CC#N)c1. The van der Waals surface area contributed by atoms with Gasteiger partial charge in [0.05, 0.1) is 12.6 Å². The molecule has 0 unspecified atom stereocenters. The standard InChI is InChI=1S/C19H19N3O2S/c1-14-8-9-16(25-2)12-17(14)21-19(24)22(18(23)10-11-20)13-15-6-4-3-5-7-15/h3-9,12H,10,13H2,1-2H3,(H,21,24). The van der Waals surface area contributed by atoms with Gasteiger partial charge < -0.3 is 5.32 Å². The molecule has 6 heteroatoms. The van der Waals surface area contributed by atoms with E-state index < -0.39 is 11.9 Å². The summed E-state index contributed by atoms with van der Waals surface area (Å²) in [6.07, 6.45) is 1.61. The smallest absolute Gasteiger partial charge is 0.307 e. The highest BCUT2D eigenvalue weighted by Gasteiger charge is 2.22. The summed E-state index contributed by atoms with van der Waals surface area (Å²) >= 11 is 1.57. The summed E-state index contributed by atoms with van der Waals surface area (Å²) in [5.74, 6) is -0.525. The van der Waals surface area contributed by atoms with Gasteiger partial charge in [0.2, 0.25) is 5.91 Å². The molecule has 2 aromatic rings. The fourth-order valence-corrected chi connectivity index (χ4v) is 2.69. The fraction of sp³-hybridized carbons (Fsp3) is 0.211. The third-order valence-electron chi connectivity index (χ3n) is 3.65. The lowest BCUT2D eigenvalue weighted by atomic mass is 10.2. The predicted molar refractivity (Wildman–Crippen MR) is 99.2 cm³/mol. The number of anilines is 1. The Hall–Kier alpha value is -2.78. The summed E-state index contributed by atoms with van der Waals surface area (Å²) in [7, 11) is 0. The Bertz CT molecular complexity index is 800. The van der Waals surface area contributed by atoms with Gasteiger partial charge >= 0.3 is 6.03 Å². The van der Waals surface area contributed by atoms with Crippen LogP contribution >= 0.6 is 11.8 Å². The van der Waals surface area contributed by atoms with Gasteiger partial charge in [-0.2, -0.15) is 5.26 Å². The molecule has 0 atom stereocenters. The first-order valence-corrected chi connectivity index (χ1v) is 8.94. The molecule has 2 rings (SSSR count). The van der Waals surface area contributed by atoms with E-state index in [9.17, 15) is 9.59 Å². The maximum Gasteiger partial charge on any atom is 0.328 e. The highest BCUT2D eigenvalue weighted by molar-refractivity contribution is 7.98. The monoisotopic (exact) mass is 353 g/mol. The number of imide groups is 1. The molecular weight excluding hydrogens is 334 g/mol. The summed E-state index contributed by atoms with van der Waals surface area (Å²) < 4.78 is 0. The van der Waals surface area contributed by atoms with E-state index in [4.69, 9.17) is 5.26 Å². The third-order valence-corrected chi connectivity index (χ3v) is 4.37. The number of nitrogens with one attached hydrogen (secondary N) is 1. The Morgan fingerprint density at radius 2 is 1.92 bits per heavy atom. The van der Waals surface area contributed by atoms with E-state index in [0.29, 0.717) is 5.69 Å². The summed E-state index contributed by atoms with van der Waals surface area (Å²) in [4.78, 5) is 27.0. The minimum Gasteiger partial charge on any atom is -0.307 e. The average molecular weight is 353 g/mol. The van der Waals surface area contributed by atoms with Crippen molar-refractivity contribution in [1.82, 2.24) is 4.90 Å². The van der Waals surface area contributed by atoms with E-state index in [1.54, 1.807) is 11.8 Å². The zero-order chi connectivity index (χ0) is 18.2. The van der Waals surface area contributed by atoms with Gasteiger partial charge in [-0.05, 0) is 36.4 Å². The zero-order valence-electron chi connectivity index (χ0n) is 14.2. The number of hydrogen-bond acceptors (Lipinski definition) is 4. The molecule has 2 aromatic carbocycles. The molecule has 0 aromatic heterocycles. The van der Waals surface area contributed by atoms with Crippen LogP contribution in [0.5, 0.6) is 0 Å². The fourth-order valence-electron chi connectivity index (χ4n) is 2.25. The van der Waals surface area contributed by atoms with Crippen LogP contribution in [-0.2, 0) is 11.3 Å². The Morgan fingerprint density at radius 3 is 2.56 bits per heavy atom. The molecule has 0 bridgehead atoms. The summed E-state index contributed by atoms with van der Waals surface area (Å²) in [5, 5.41) is 11.6. The lowest BCUT2D eigenvalue weighted by Gasteiger charge is -2.21. The number of amides is 3. The van der Waals surface area contributed by atoms with Crippen LogP contribution < -0.4 is 5.32 Å². The highest BCUT2D eigenvalue weighted by atomic mass is 32.2. The van der Waals surface area contributed by atoms with E-state index in [-0.39, 0.29) is 13.0 Å². The van der Waals surface area contributed by atoms with Crippen molar-refractivity contribution >= 4 is 29.4 Å². The van der Waals surface area contributed by atoms with Crippen LogP contribution in [0.3, 0.4) is 0 Å². The van der Waals surface area contributed by atoms with Gasteiger partial charge in [0.25, 0.3) is 0 Å². The van der Waals surface area contributed by atoms with Crippen LogP contribution in [-0.4, -0.2) is 23.1 Å². The van der Waals surface area contributed by atoms with Gasteiger partial charge in [-0.3, -0.25) is 9.69 Å². The molecule has 0 aliphatic heterocycles. The van der Waals surface area contributed by atoms with Crippen LogP contribution in [0.2, 0.25) is 0 Å². The van der Waals surface area contributed by atoms with Gasteiger partial charge in [-0.1, -0.05) is 36.4 Å². The summed E-state index contributed by atoms with van der Waals surface area (Å²) in [5.41, 5.74) is 2.37. The number of nitriles is 1. The minimum atomic E-state index is -0.537. The van der Waals surface area contributed by atoms with Crippen LogP contribution in [0.15, 0.2) is 53.4 Å². The Kier molecular flexibility index (Phi) is 6.61. The number of carbonyl (C=O) groups excluding carboxylic acids is 2. The molecule has 0 radical (unpaired) electrons. The topological polar surface area (TPSA) is 73.2 Å². The van der Waals surface area contributed by atoms with E-state index in [1.807, 2.05) is 67.8 Å². The van der Waals surface area contributed by atoms with Gasteiger partial charge in [0, 0.05) is 10.6 Å². The number of thioether (sulfide) groups is 1. The number of benzene rings is 2. The lowest BCUT2D eigenvalue weighted by molar-refractivity contribution is -0.127. The number of hydrogen-bond donors (Lipinski definition) is 1. The maximum absolute atomic E-state index is 12.7. The van der Waals surface area contributed by atoms with Crippen molar-refractivity contribution in [1.29, 1.82) is 5.26 Å². The minimum absolute atomic E-state index is 0.119. The van der Waals surface area contributed by atoms with Crippen molar-refractivity contribution in [3.8, 4) is 6.07 Å². The van der Waals surface area contributed by atoms with Gasteiger partial charge in [0.15, 0.2) is 0 Å². The van der Waals surface area contributed by atoms with Crippen LogP contribution in [0.25, 0.3) is 0 Å². The second kappa shape index (κ2) is 8.90. The van der Waals surface area contributed by atoms with E-state index in [2.05, 4.69) is 5.32 Å². The van der Waals surface area contributed by atoms with Crippen molar-refractivity contribution in [2.45, 2.75) is 24.8 Å². The van der Waals surface area contributed by atoms with Gasteiger partial charge in [-0.25, -0.2) is 4.79 Å². The number of nitrogens with zero attached hydrogens (tertiary/aromatic N) is 2. The van der Waals surface area contributed by atoms with Gasteiger partial charge in [-0.15, -0.1) is 11.8 Å². The molecule has 3 amide bonds. The van der Waals surface area contributed by atoms with Gasteiger partial charge in [0.1, 0.15) is 6.42 Å². The molecule has 0 aliphatic rings. The van der Waals surface area contributed by atoms with Crippen molar-refractivity contribution in [2.75, 3.05) is 11.6 Å². The quantitative estimate of drug-likeness (QED) is 0.818. The van der Waals surface area contributed by atoms with Crippen LogP contribution in [0.1, 0.15) is 17.5 Å². The van der Waals surface area contributed by atoms with Crippen LogP contribution in [0.4, 0.5) is 10.5 Å². The van der Waals surface area contributed by atoms with Crippen molar-refractivity contribution in [3.05, 3.63) is 59.7 Å². The molecule has 1 N–H and O–H groups in total. The molecule has 5 nitrogen and oxygen atoms in total. The number of rotatable bonds is 5. The Morgan fingerprint density at radius 1 is 1.20 bits per heavy atom. The molecule has 0 saturated carbocycles. The van der Waals surface area contributed by atoms with E-state index in [0.717, 1.165) is 20.9 Å². The molecule has 0 fully saturated rings. The molecule has 0 saturated heterocycles. The average Bonchev–Trinajstić information content (AvgIpc) is 2.62. The number of urea groups is 1. The molecule has 0 aliphatic carbocycles. The van der Waals surface area contributed by atoms with Crippen molar-refractivity contribution in [3.63, 3.8) is 0 Å². The van der Waals surface area contributed by atoms with Crippen molar-refractivity contribution < 1.29 is 9.59 Å². The van der Waals surface area contributed by atoms with Crippen molar-refractivity contribution in [2.24, 2.45) is 0 Å². The first-order chi connectivity index (χ1) is 12.0. The number of carbonyl (C=O) groups is 2. The first kappa shape index (κ1) is 18.6. The molecule has 0 heterocycles. The molecular formula is C19H19N3O2S. The van der Waals surface area contributed by atoms with E-state index >= 15 is 0 Å². The normalized spacial score (nSPS) is 9.96. The second-order valence-electron chi connectivity index (χ2n) is 5.41. The third kappa shape index (κ3) is 5.10. The molecule has 0 spiro atoms. The second-order valence-corrected chi connectivity index (χ2v) is 6.29. The summed E-state index contributed by atoms with van der Waals surface area (Å²) in [6.45, 7) is 2.01. The molecule has 128 valence electrons. The first-order valence-electron chi connectivity index (χ1n) is 7.72. The lowest BCUT2D eigenvalue weighted by Crippen LogP contribution is -2.39. The largest absolute Gasteiger partial charge is 0.328 e. The number of aryl methyl sites for hydroxylation is 1. The predicted octanol–water partition coefficient (Wildman–Crippen LogP) is 4.19. The summed E-state index contributed by atoms with van der Waals surface area (Å²) in [6, 6.07) is 16.2. The highest BCUT2D eigenvalue weighted by Crippen LogP contribution is 2.23. The van der Waals surface area contributed by atoms with E-state index in [1.165, 1.54) is 0 Å². The maximum atomic E-state index is 12.7. The van der Waals surface area contributed by atoms with Crippen LogP contribution in [0, 0.1) is 18.3 Å². The zero-order valence-corrected chi connectivity index (χ0v) is 15.0.